The van der Waals surface area contributed by atoms with Crippen LogP contribution in [-0.2, 0) is 4.74 Å². The summed E-state index contributed by atoms with van der Waals surface area (Å²) >= 11 is 6.14. The van der Waals surface area contributed by atoms with Crippen molar-refractivity contribution in [2.75, 3.05) is 33.5 Å². The number of rotatable bonds is 5. The third-order valence-electron chi connectivity index (χ3n) is 2.74. The van der Waals surface area contributed by atoms with Crippen molar-refractivity contribution in [1.29, 1.82) is 5.26 Å². The minimum absolute atomic E-state index is 0.455. The van der Waals surface area contributed by atoms with Crippen LogP contribution in [0.25, 0.3) is 0 Å². The molecule has 0 aromatic heterocycles. The van der Waals surface area contributed by atoms with Gasteiger partial charge in [0.25, 0.3) is 0 Å². The first kappa shape index (κ1) is 13.9. The molecule has 1 aliphatic heterocycles. The Morgan fingerprint density at radius 1 is 1.47 bits per heavy atom. The number of methoxy groups -OCH3 is 1. The third kappa shape index (κ3) is 3.29. The second-order valence-electron chi connectivity index (χ2n) is 4.04. The van der Waals surface area contributed by atoms with Crippen LogP contribution in [0.4, 0.5) is 0 Å². The van der Waals surface area contributed by atoms with Gasteiger partial charge in [-0.25, -0.2) is 0 Å². The summed E-state index contributed by atoms with van der Waals surface area (Å²) in [5.41, 5.74) is 0.757. The fourth-order valence-electron chi connectivity index (χ4n) is 1.84. The van der Waals surface area contributed by atoms with E-state index < -0.39 is 6.04 Å². The molecule has 6 heteroatoms. The largest absolute Gasteiger partial charge is 0.486 e. The average molecular weight is 283 g/mol. The maximum absolute atomic E-state index is 9.21. The van der Waals surface area contributed by atoms with Gasteiger partial charge >= 0.3 is 0 Å². The van der Waals surface area contributed by atoms with Gasteiger partial charge < -0.3 is 14.2 Å². The van der Waals surface area contributed by atoms with E-state index in [1.807, 2.05) is 0 Å². The zero-order valence-electron chi connectivity index (χ0n) is 10.6. The molecular formula is C13H15ClN2O3. The quantitative estimate of drug-likeness (QED) is 0.836. The topological polar surface area (TPSA) is 63.5 Å². The SMILES string of the molecule is COCCNC(C#N)c1cc(Cl)c2c(c1)OCCO2. The molecule has 2 rings (SSSR count). The van der Waals surface area contributed by atoms with Crippen LogP contribution < -0.4 is 14.8 Å². The molecule has 0 fully saturated rings. The van der Waals surface area contributed by atoms with Crippen LogP contribution in [0.3, 0.4) is 0 Å². The van der Waals surface area contributed by atoms with E-state index in [2.05, 4.69) is 11.4 Å². The van der Waals surface area contributed by atoms with E-state index in [9.17, 15) is 5.26 Å². The predicted octanol–water partition coefficient (Wildman–Crippen LogP) is 1.91. The van der Waals surface area contributed by atoms with Crippen molar-refractivity contribution in [3.63, 3.8) is 0 Å². The number of nitrogens with one attached hydrogen (secondary N) is 1. The van der Waals surface area contributed by atoms with Crippen molar-refractivity contribution < 1.29 is 14.2 Å². The Bertz CT molecular complexity index is 488. The van der Waals surface area contributed by atoms with E-state index in [0.717, 1.165) is 5.56 Å². The van der Waals surface area contributed by atoms with Crippen LogP contribution in [0.15, 0.2) is 12.1 Å². The van der Waals surface area contributed by atoms with Crippen molar-refractivity contribution in [2.45, 2.75) is 6.04 Å². The fourth-order valence-corrected chi connectivity index (χ4v) is 2.11. The Morgan fingerprint density at radius 2 is 2.26 bits per heavy atom. The van der Waals surface area contributed by atoms with Gasteiger partial charge in [-0.2, -0.15) is 5.26 Å². The molecule has 0 aliphatic carbocycles. The van der Waals surface area contributed by atoms with Crippen molar-refractivity contribution >= 4 is 11.6 Å². The molecule has 1 aliphatic rings. The Balaban J connectivity index is 2.19. The van der Waals surface area contributed by atoms with Gasteiger partial charge in [0.1, 0.15) is 19.3 Å². The number of nitrogens with zero attached hydrogens (tertiary/aromatic N) is 1. The first-order valence-electron chi connectivity index (χ1n) is 5.97. The molecule has 0 bridgehead atoms. The molecule has 0 amide bonds. The van der Waals surface area contributed by atoms with Gasteiger partial charge in [-0.05, 0) is 17.7 Å². The van der Waals surface area contributed by atoms with Crippen LogP contribution in [0, 0.1) is 11.3 Å². The molecule has 102 valence electrons. The first-order chi connectivity index (χ1) is 9.26. The van der Waals surface area contributed by atoms with Crippen molar-refractivity contribution in [3.05, 3.63) is 22.7 Å². The smallest absolute Gasteiger partial charge is 0.179 e. The van der Waals surface area contributed by atoms with E-state index in [1.165, 1.54) is 0 Å². The molecule has 1 N–H and O–H groups in total. The second kappa shape index (κ2) is 6.62. The van der Waals surface area contributed by atoms with E-state index >= 15 is 0 Å². The molecule has 1 aromatic carbocycles. The lowest BCUT2D eigenvalue weighted by Gasteiger charge is -2.21. The summed E-state index contributed by atoms with van der Waals surface area (Å²) in [6.45, 7) is 2.10. The normalized spacial score (nSPS) is 14.8. The first-order valence-corrected chi connectivity index (χ1v) is 6.35. The van der Waals surface area contributed by atoms with E-state index in [0.29, 0.717) is 42.9 Å². The summed E-state index contributed by atoms with van der Waals surface area (Å²) < 4.78 is 15.9. The Morgan fingerprint density at radius 3 is 3.00 bits per heavy atom. The summed E-state index contributed by atoms with van der Waals surface area (Å²) in [4.78, 5) is 0. The Kier molecular flexibility index (Phi) is 4.86. The zero-order valence-corrected chi connectivity index (χ0v) is 11.4. The minimum Gasteiger partial charge on any atom is -0.486 e. The van der Waals surface area contributed by atoms with Crippen molar-refractivity contribution in [3.8, 4) is 17.6 Å². The number of halogens is 1. The summed E-state index contributed by atoms with van der Waals surface area (Å²) in [5, 5.41) is 12.7. The van der Waals surface area contributed by atoms with Gasteiger partial charge in [-0.3, -0.25) is 5.32 Å². The Hall–Kier alpha value is -1.48. The highest BCUT2D eigenvalue weighted by atomic mass is 35.5. The molecule has 19 heavy (non-hydrogen) atoms. The number of hydrogen-bond acceptors (Lipinski definition) is 5. The molecule has 1 aromatic rings. The van der Waals surface area contributed by atoms with Gasteiger partial charge in [-0.1, -0.05) is 11.6 Å². The van der Waals surface area contributed by atoms with Crippen LogP contribution >= 0.6 is 11.6 Å². The number of hydrogen-bond donors (Lipinski definition) is 1. The van der Waals surface area contributed by atoms with Crippen LogP contribution in [0.1, 0.15) is 11.6 Å². The highest BCUT2D eigenvalue weighted by molar-refractivity contribution is 6.32. The predicted molar refractivity (Wildman–Crippen MR) is 70.7 cm³/mol. The number of benzene rings is 1. The summed E-state index contributed by atoms with van der Waals surface area (Å²) in [5.74, 6) is 1.13. The molecule has 1 heterocycles. The average Bonchev–Trinajstić information content (AvgIpc) is 2.44. The molecule has 0 spiro atoms. The molecular weight excluding hydrogens is 268 g/mol. The minimum atomic E-state index is -0.455. The molecule has 0 saturated heterocycles. The van der Waals surface area contributed by atoms with Gasteiger partial charge in [0.15, 0.2) is 11.5 Å². The zero-order chi connectivity index (χ0) is 13.7. The molecule has 1 unspecified atom stereocenters. The third-order valence-corrected chi connectivity index (χ3v) is 3.02. The highest BCUT2D eigenvalue weighted by Crippen LogP contribution is 2.39. The number of ether oxygens (including phenoxy) is 3. The van der Waals surface area contributed by atoms with Gasteiger partial charge in [-0.15, -0.1) is 0 Å². The molecule has 5 nitrogen and oxygen atoms in total. The monoisotopic (exact) mass is 282 g/mol. The second-order valence-corrected chi connectivity index (χ2v) is 4.44. The lowest BCUT2D eigenvalue weighted by molar-refractivity contribution is 0.171. The van der Waals surface area contributed by atoms with Crippen LogP contribution in [0.5, 0.6) is 11.5 Å². The van der Waals surface area contributed by atoms with Crippen molar-refractivity contribution in [1.82, 2.24) is 5.32 Å². The van der Waals surface area contributed by atoms with Crippen molar-refractivity contribution in [2.24, 2.45) is 0 Å². The van der Waals surface area contributed by atoms with Gasteiger partial charge in [0, 0.05) is 13.7 Å². The van der Waals surface area contributed by atoms with E-state index in [4.69, 9.17) is 25.8 Å². The maximum atomic E-state index is 9.21. The summed E-state index contributed by atoms with van der Waals surface area (Å²) in [6, 6.07) is 5.25. The number of nitriles is 1. The summed E-state index contributed by atoms with van der Waals surface area (Å²) in [6.07, 6.45) is 0. The lowest BCUT2D eigenvalue weighted by atomic mass is 10.1. The fraction of sp³-hybridized carbons (Fsp3) is 0.462. The van der Waals surface area contributed by atoms with E-state index in [-0.39, 0.29) is 0 Å². The number of fused-ring (bicyclic) bond motifs is 1. The highest BCUT2D eigenvalue weighted by Gasteiger charge is 2.20. The maximum Gasteiger partial charge on any atom is 0.179 e. The molecule has 1 atom stereocenters. The van der Waals surface area contributed by atoms with Gasteiger partial charge in [0.2, 0.25) is 0 Å². The van der Waals surface area contributed by atoms with Gasteiger partial charge in [0.05, 0.1) is 17.7 Å². The van der Waals surface area contributed by atoms with Crippen LogP contribution in [0.2, 0.25) is 5.02 Å². The molecule has 0 radical (unpaired) electrons. The Labute approximate surface area is 117 Å². The summed E-state index contributed by atoms with van der Waals surface area (Å²) in [7, 11) is 1.62. The lowest BCUT2D eigenvalue weighted by Crippen LogP contribution is -2.24. The van der Waals surface area contributed by atoms with Crippen LogP contribution in [-0.4, -0.2) is 33.5 Å². The standard InChI is InChI=1S/C13H15ClN2O3/c1-17-3-2-16-11(8-15)9-6-10(14)13-12(7-9)18-4-5-19-13/h6-7,11,16H,2-5H2,1H3. The molecule has 0 saturated carbocycles. The van der Waals surface area contributed by atoms with E-state index in [1.54, 1.807) is 19.2 Å².